The second-order valence-corrected chi connectivity index (χ2v) is 6.37. The third-order valence-corrected chi connectivity index (χ3v) is 4.16. The van der Waals surface area contributed by atoms with Crippen molar-refractivity contribution in [3.8, 4) is 11.1 Å². The van der Waals surface area contributed by atoms with Crippen LogP contribution < -0.4 is 16.0 Å². The molecule has 0 atom stereocenters. The van der Waals surface area contributed by atoms with Crippen molar-refractivity contribution in [3.63, 3.8) is 0 Å². The zero-order valence-corrected chi connectivity index (χ0v) is 16.2. The van der Waals surface area contributed by atoms with Crippen LogP contribution in [0.5, 0.6) is 0 Å². The lowest BCUT2D eigenvalue weighted by Crippen LogP contribution is -2.28. The van der Waals surface area contributed by atoms with Gasteiger partial charge in [0.25, 0.3) is 5.91 Å². The number of aryl methyl sites for hydroxylation is 1. The Bertz CT molecular complexity index is 910. The minimum atomic E-state index is -0.0892. The highest BCUT2D eigenvalue weighted by molar-refractivity contribution is 5.94. The molecule has 0 spiro atoms. The smallest absolute Gasteiger partial charge is 0.251 e. The lowest BCUT2D eigenvalue weighted by molar-refractivity contribution is 0.0955. The van der Waals surface area contributed by atoms with E-state index in [9.17, 15) is 4.79 Å². The zero-order chi connectivity index (χ0) is 19.8. The van der Waals surface area contributed by atoms with E-state index in [2.05, 4.69) is 38.1 Å². The van der Waals surface area contributed by atoms with Gasteiger partial charge >= 0.3 is 0 Å². The quantitative estimate of drug-likeness (QED) is 0.523. The summed E-state index contributed by atoms with van der Waals surface area (Å²) in [5, 5.41) is 9.24. The first-order valence-electron chi connectivity index (χ1n) is 9.43. The van der Waals surface area contributed by atoms with E-state index in [1.807, 2.05) is 62.4 Å². The normalized spacial score (nSPS) is 10.4. The molecule has 6 nitrogen and oxygen atoms in total. The SMILES string of the molecule is CCNc1nc(C)cc(NCCNC(=O)c2ccc(-c3ccccc3)cc2)n1. The van der Waals surface area contributed by atoms with Gasteiger partial charge < -0.3 is 16.0 Å². The van der Waals surface area contributed by atoms with Crippen LogP contribution in [0.1, 0.15) is 23.0 Å². The predicted octanol–water partition coefficient (Wildman–Crippen LogP) is 3.73. The van der Waals surface area contributed by atoms with Crippen LogP contribution in [0.25, 0.3) is 11.1 Å². The maximum Gasteiger partial charge on any atom is 0.251 e. The maximum atomic E-state index is 12.3. The van der Waals surface area contributed by atoms with Crippen molar-refractivity contribution in [1.29, 1.82) is 0 Å². The minimum absolute atomic E-state index is 0.0892. The predicted molar refractivity (Wildman–Crippen MR) is 114 cm³/mol. The fourth-order valence-electron chi connectivity index (χ4n) is 2.81. The summed E-state index contributed by atoms with van der Waals surface area (Å²) in [6, 6.07) is 19.6. The topological polar surface area (TPSA) is 78.9 Å². The molecule has 0 aliphatic heterocycles. The van der Waals surface area contributed by atoms with Crippen LogP contribution in [0.3, 0.4) is 0 Å². The summed E-state index contributed by atoms with van der Waals surface area (Å²) in [7, 11) is 0. The molecule has 6 heteroatoms. The molecule has 0 unspecified atom stereocenters. The first kappa shape index (κ1) is 19.4. The largest absolute Gasteiger partial charge is 0.368 e. The molecule has 0 fully saturated rings. The van der Waals surface area contributed by atoms with Crippen molar-refractivity contribution in [3.05, 3.63) is 71.9 Å². The molecule has 3 N–H and O–H groups in total. The molecule has 1 amide bonds. The number of amides is 1. The number of carbonyl (C=O) groups is 1. The Morgan fingerprint density at radius 3 is 2.32 bits per heavy atom. The molecule has 0 radical (unpaired) electrons. The number of hydrogen-bond donors (Lipinski definition) is 3. The van der Waals surface area contributed by atoms with Gasteiger partial charge in [0.1, 0.15) is 5.82 Å². The van der Waals surface area contributed by atoms with Crippen molar-refractivity contribution in [2.45, 2.75) is 13.8 Å². The van der Waals surface area contributed by atoms with Gasteiger partial charge in [0.15, 0.2) is 0 Å². The number of hydrogen-bond acceptors (Lipinski definition) is 5. The van der Waals surface area contributed by atoms with Gasteiger partial charge in [-0.3, -0.25) is 4.79 Å². The number of benzene rings is 2. The Hall–Kier alpha value is -3.41. The average Bonchev–Trinajstić information content (AvgIpc) is 2.72. The second-order valence-electron chi connectivity index (χ2n) is 6.37. The van der Waals surface area contributed by atoms with Gasteiger partial charge in [0, 0.05) is 37.0 Å². The first-order chi connectivity index (χ1) is 13.7. The highest BCUT2D eigenvalue weighted by atomic mass is 16.1. The van der Waals surface area contributed by atoms with E-state index >= 15 is 0 Å². The van der Waals surface area contributed by atoms with E-state index in [0.29, 0.717) is 24.6 Å². The van der Waals surface area contributed by atoms with E-state index < -0.39 is 0 Å². The van der Waals surface area contributed by atoms with Crippen molar-refractivity contribution >= 4 is 17.7 Å². The molecule has 144 valence electrons. The molecule has 0 saturated heterocycles. The number of carbonyl (C=O) groups excluding carboxylic acids is 1. The van der Waals surface area contributed by atoms with Gasteiger partial charge in [-0.15, -0.1) is 0 Å². The summed E-state index contributed by atoms with van der Waals surface area (Å²) < 4.78 is 0. The van der Waals surface area contributed by atoms with Crippen LogP contribution in [0, 0.1) is 6.92 Å². The first-order valence-corrected chi connectivity index (χ1v) is 9.43. The number of nitrogens with zero attached hydrogens (tertiary/aromatic N) is 2. The molecule has 2 aromatic carbocycles. The molecule has 0 bridgehead atoms. The third kappa shape index (κ3) is 5.30. The molecule has 1 heterocycles. The zero-order valence-electron chi connectivity index (χ0n) is 16.2. The number of aromatic nitrogens is 2. The summed E-state index contributed by atoms with van der Waals surface area (Å²) >= 11 is 0. The van der Waals surface area contributed by atoms with Crippen LogP contribution >= 0.6 is 0 Å². The van der Waals surface area contributed by atoms with Gasteiger partial charge in [-0.25, -0.2) is 4.98 Å². The van der Waals surface area contributed by atoms with Gasteiger partial charge in [-0.1, -0.05) is 42.5 Å². The summed E-state index contributed by atoms with van der Waals surface area (Å²) in [6.07, 6.45) is 0. The molecule has 0 saturated carbocycles. The van der Waals surface area contributed by atoms with E-state index in [0.717, 1.165) is 29.2 Å². The minimum Gasteiger partial charge on any atom is -0.368 e. The highest BCUT2D eigenvalue weighted by Gasteiger charge is 2.06. The number of nitrogens with one attached hydrogen (secondary N) is 3. The third-order valence-electron chi connectivity index (χ3n) is 4.16. The lowest BCUT2D eigenvalue weighted by atomic mass is 10.0. The van der Waals surface area contributed by atoms with E-state index in [1.54, 1.807) is 0 Å². The lowest BCUT2D eigenvalue weighted by Gasteiger charge is -2.10. The molecule has 1 aromatic heterocycles. The Morgan fingerprint density at radius 1 is 0.893 bits per heavy atom. The molecule has 3 rings (SSSR count). The summed E-state index contributed by atoms with van der Waals surface area (Å²) in [4.78, 5) is 21.0. The summed E-state index contributed by atoms with van der Waals surface area (Å²) in [6.45, 7) is 5.77. The van der Waals surface area contributed by atoms with E-state index in [1.165, 1.54) is 0 Å². The summed E-state index contributed by atoms with van der Waals surface area (Å²) in [5.74, 6) is 1.26. The van der Waals surface area contributed by atoms with Crippen LogP contribution in [-0.4, -0.2) is 35.5 Å². The summed E-state index contributed by atoms with van der Waals surface area (Å²) in [5.41, 5.74) is 3.76. The Balaban J connectivity index is 1.49. The monoisotopic (exact) mass is 375 g/mol. The van der Waals surface area contributed by atoms with Crippen LogP contribution in [0.2, 0.25) is 0 Å². The van der Waals surface area contributed by atoms with Crippen LogP contribution in [-0.2, 0) is 0 Å². The Labute approximate surface area is 165 Å². The molecule has 3 aromatic rings. The molecule has 0 aliphatic carbocycles. The van der Waals surface area contributed by atoms with Crippen molar-refractivity contribution in [2.75, 3.05) is 30.3 Å². The molecular formula is C22H25N5O. The number of anilines is 2. The Morgan fingerprint density at radius 2 is 1.61 bits per heavy atom. The van der Waals surface area contributed by atoms with Crippen LogP contribution in [0.4, 0.5) is 11.8 Å². The van der Waals surface area contributed by atoms with Gasteiger partial charge in [-0.2, -0.15) is 4.98 Å². The fourth-order valence-corrected chi connectivity index (χ4v) is 2.81. The maximum absolute atomic E-state index is 12.3. The van der Waals surface area contributed by atoms with Crippen molar-refractivity contribution in [1.82, 2.24) is 15.3 Å². The number of rotatable bonds is 8. The van der Waals surface area contributed by atoms with E-state index in [-0.39, 0.29) is 5.91 Å². The van der Waals surface area contributed by atoms with Crippen molar-refractivity contribution in [2.24, 2.45) is 0 Å². The van der Waals surface area contributed by atoms with Crippen molar-refractivity contribution < 1.29 is 4.79 Å². The van der Waals surface area contributed by atoms with E-state index in [4.69, 9.17) is 0 Å². The van der Waals surface area contributed by atoms with Gasteiger partial charge in [-0.05, 0) is 37.1 Å². The average molecular weight is 375 g/mol. The molecular weight excluding hydrogens is 350 g/mol. The van der Waals surface area contributed by atoms with Gasteiger partial charge in [0.05, 0.1) is 0 Å². The Kier molecular flexibility index (Phi) is 6.57. The standard InChI is InChI=1S/C22H25N5O/c1-3-23-22-26-16(2)15-20(27-22)24-13-14-25-21(28)19-11-9-18(10-12-19)17-7-5-4-6-8-17/h4-12,15H,3,13-14H2,1-2H3,(H,25,28)(H2,23,24,26,27). The molecule has 0 aliphatic rings. The van der Waals surface area contributed by atoms with Crippen LogP contribution in [0.15, 0.2) is 60.7 Å². The van der Waals surface area contributed by atoms with Gasteiger partial charge in [0.2, 0.25) is 5.95 Å². The highest BCUT2D eigenvalue weighted by Crippen LogP contribution is 2.19. The molecule has 28 heavy (non-hydrogen) atoms. The second kappa shape index (κ2) is 9.50. The fraction of sp³-hybridized carbons (Fsp3) is 0.227.